The highest BCUT2D eigenvalue weighted by molar-refractivity contribution is 7.80. The number of hydrogen-bond donors (Lipinski definition) is 3. The zero-order chi connectivity index (χ0) is 21.4. The molecule has 2 aromatic carbocycles. The van der Waals surface area contributed by atoms with Gasteiger partial charge in [-0.25, -0.2) is 0 Å². The lowest BCUT2D eigenvalue weighted by Crippen LogP contribution is -2.49. The number of thiocarbonyl (C=S) groups is 1. The molecule has 0 aliphatic carbocycles. The van der Waals surface area contributed by atoms with Gasteiger partial charge >= 0.3 is 0 Å². The SMILES string of the molecule is Cc1cc(OCC(=O)NNC(=S)NC(=O)/C=C/c2ccccc2Cl)cc(C)c1Cl. The molecule has 0 unspecified atom stereocenters. The van der Waals surface area contributed by atoms with E-state index in [1.807, 2.05) is 13.8 Å². The van der Waals surface area contributed by atoms with Gasteiger partial charge in [-0.2, -0.15) is 0 Å². The van der Waals surface area contributed by atoms with Crippen LogP contribution in [0.2, 0.25) is 10.0 Å². The summed E-state index contributed by atoms with van der Waals surface area (Å²) in [5.74, 6) is -0.418. The van der Waals surface area contributed by atoms with Crippen LogP contribution in [0.4, 0.5) is 0 Å². The van der Waals surface area contributed by atoms with Crippen molar-refractivity contribution in [2.24, 2.45) is 0 Å². The Morgan fingerprint density at radius 3 is 2.41 bits per heavy atom. The van der Waals surface area contributed by atoms with E-state index in [4.69, 9.17) is 40.2 Å². The first kappa shape index (κ1) is 22.7. The van der Waals surface area contributed by atoms with Crippen molar-refractivity contribution < 1.29 is 14.3 Å². The van der Waals surface area contributed by atoms with E-state index < -0.39 is 11.8 Å². The van der Waals surface area contributed by atoms with Gasteiger partial charge in [0.1, 0.15) is 5.75 Å². The minimum Gasteiger partial charge on any atom is -0.484 e. The predicted molar refractivity (Wildman–Crippen MR) is 119 cm³/mol. The minimum absolute atomic E-state index is 0.0645. The molecule has 0 atom stereocenters. The second-order valence-corrected chi connectivity index (χ2v) is 7.20. The smallest absolute Gasteiger partial charge is 0.276 e. The monoisotopic (exact) mass is 451 g/mol. The Morgan fingerprint density at radius 2 is 1.76 bits per heavy atom. The number of halogens is 2. The normalized spacial score (nSPS) is 10.5. The summed E-state index contributed by atoms with van der Waals surface area (Å²) in [6.45, 7) is 3.47. The molecule has 9 heteroatoms. The third kappa shape index (κ3) is 7.38. The summed E-state index contributed by atoms with van der Waals surface area (Å²) in [6.07, 6.45) is 2.84. The van der Waals surface area contributed by atoms with Crippen molar-refractivity contribution in [2.75, 3.05) is 6.61 Å². The summed E-state index contributed by atoms with van der Waals surface area (Å²) in [5.41, 5.74) is 7.18. The van der Waals surface area contributed by atoms with E-state index in [1.165, 1.54) is 6.08 Å². The lowest BCUT2D eigenvalue weighted by Gasteiger charge is -2.12. The largest absolute Gasteiger partial charge is 0.484 e. The van der Waals surface area contributed by atoms with E-state index in [1.54, 1.807) is 42.5 Å². The van der Waals surface area contributed by atoms with Crippen molar-refractivity contribution in [1.29, 1.82) is 0 Å². The summed E-state index contributed by atoms with van der Waals surface area (Å²) in [4.78, 5) is 23.7. The molecule has 0 aliphatic rings. The van der Waals surface area contributed by atoms with Gasteiger partial charge < -0.3 is 4.74 Å². The topological polar surface area (TPSA) is 79.5 Å². The first-order valence-corrected chi connectivity index (χ1v) is 9.64. The van der Waals surface area contributed by atoms with Gasteiger partial charge in [-0.05, 0) is 67.0 Å². The molecule has 2 rings (SSSR count). The van der Waals surface area contributed by atoms with E-state index in [-0.39, 0.29) is 11.7 Å². The third-order valence-corrected chi connectivity index (χ3v) is 4.80. The molecule has 3 N–H and O–H groups in total. The fourth-order valence-corrected chi connectivity index (χ4v) is 2.72. The van der Waals surface area contributed by atoms with E-state index in [0.29, 0.717) is 21.4 Å². The van der Waals surface area contributed by atoms with Crippen LogP contribution < -0.4 is 20.9 Å². The number of benzene rings is 2. The molecular weight excluding hydrogens is 433 g/mol. The Morgan fingerprint density at radius 1 is 1.10 bits per heavy atom. The van der Waals surface area contributed by atoms with Crippen molar-refractivity contribution in [2.45, 2.75) is 13.8 Å². The van der Waals surface area contributed by atoms with E-state index in [9.17, 15) is 9.59 Å². The summed E-state index contributed by atoms with van der Waals surface area (Å²) < 4.78 is 5.43. The van der Waals surface area contributed by atoms with Crippen LogP contribution in [0, 0.1) is 13.8 Å². The molecule has 0 spiro atoms. The molecule has 152 valence electrons. The van der Waals surface area contributed by atoms with Gasteiger partial charge in [-0.15, -0.1) is 0 Å². The van der Waals surface area contributed by atoms with Gasteiger partial charge in [0.2, 0.25) is 5.91 Å². The maximum atomic E-state index is 11.9. The molecule has 0 aliphatic heterocycles. The van der Waals surface area contributed by atoms with E-state index in [2.05, 4.69) is 16.2 Å². The fraction of sp³-hybridized carbons (Fsp3) is 0.150. The van der Waals surface area contributed by atoms with Crippen LogP contribution >= 0.6 is 35.4 Å². The average Bonchev–Trinajstić information content (AvgIpc) is 2.68. The van der Waals surface area contributed by atoms with Crippen molar-refractivity contribution >= 4 is 58.4 Å². The first-order valence-electron chi connectivity index (χ1n) is 8.48. The number of hydrogen-bond acceptors (Lipinski definition) is 4. The van der Waals surface area contributed by atoms with Crippen LogP contribution in [0.1, 0.15) is 16.7 Å². The summed E-state index contributed by atoms with van der Waals surface area (Å²) in [5, 5.41) is 3.52. The Balaban J connectivity index is 1.75. The number of rotatable bonds is 5. The second kappa shape index (κ2) is 10.8. The van der Waals surface area contributed by atoms with Gasteiger partial charge in [0, 0.05) is 16.1 Å². The molecule has 0 aromatic heterocycles. The van der Waals surface area contributed by atoms with E-state index in [0.717, 1.165) is 11.1 Å². The van der Waals surface area contributed by atoms with Crippen molar-refractivity contribution in [3.63, 3.8) is 0 Å². The number of nitrogens with one attached hydrogen (secondary N) is 3. The van der Waals surface area contributed by atoms with Crippen LogP contribution in [0.25, 0.3) is 6.08 Å². The molecule has 0 saturated carbocycles. The maximum Gasteiger partial charge on any atom is 0.276 e. The van der Waals surface area contributed by atoms with Crippen LogP contribution in [0.3, 0.4) is 0 Å². The highest BCUT2D eigenvalue weighted by Crippen LogP contribution is 2.25. The van der Waals surface area contributed by atoms with Crippen LogP contribution in [-0.2, 0) is 9.59 Å². The number of carbonyl (C=O) groups is 2. The second-order valence-electron chi connectivity index (χ2n) is 6.01. The molecule has 0 saturated heterocycles. The Labute approximate surface area is 184 Å². The lowest BCUT2D eigenvalue weighted by molar-refractivity contribution is -0.123. The molecule has 0 bridgehead atoms. The van der Waals surface area contributed by atoms with Gasteiger partial charge in [0.05, 0.1) is 0 Å². The number of carbonyl (C=O) groups excluding carboxylic acids is 2. The lowest BCUT2D eigenvalue weighted by atomic mass is 10.1. The average molecular weight is 452 g/mol. The zero-order valence-corrected chi connectivity index (χ0v) is 18.0. The number of aryl methyl sites for hydroxylation is 2. The Bertz CT molecular complexity index is 941. The molecule has 29 heavy (non-hydrogen) atoms. The van der Waals surface area contributed by atoms with Gasteiger partial charge in [-0.1, -0.05) is 41.4 Å². The Kier molecular flexibility index (Phi) is 8.45. The van der Waals surface area contributed by atoms with Crippen LogP contribution in [-0.4, -0.2) is 23.5 Å². The Hall–Kier alpha value is -2.61. The molecular formula is C20H19Cl2N3O3S. The first-order chi connectivity index (χ1) is 13.8. The van der Waals surface area contributed by atoms with Crippen LogP contribution in [0.5, 0.6) is 5.75 Å². The molecule has 0 heterocycles. The standard InChI is InChI=1S/C20H19Cl2N3O3S/c1-12-9-15(10-13(2)19(12)22)28-11-18(27)24-25-20(29)23-17(26)8-7-14-5-3-4-6-16(14)21/h3-10H,11H2,1-2H3,(H,24,27)(H2,23,25,26,29)/b8-7+. The summed E-state index contributed by atoms with van der Waals surface area (Å²) in [6, 6.07) is 10.6. The van der Waals surface area contributed by atoms with Crippen molar-refractivity contribution in [3.8, 4) is 5.75 Å². The van der Waals surface area contributed by atoms with Crippen molar-refractivity contribution in [1.82, 2.24) is 16.2 Å². The molecule has 0 radical (unpaired) electrons. The third-order valence-electron chi connectivity index (χ3n) is 3.65. The molecule has 6 nitrogen and oxygen atoms in total. The number of amides is 2. The van der Waals surface area contributed by atoms with Gasteiger partial charge in [0.15, 0.2) is 11.7 Å². The quantitative estimate of drug-likeness (QED) is 0.366. The summed E-state index contributed by atoms with van der Waals surface area (Å²) in [7, 11) is 0. The number of ether oxygens (including phenoxy) is 1. The molecule has 2 aromatic rings. The number of hydrazine groups is 1. The fourth-order valence-electron chi connectivity index (χ4n) is 2.26. The zero-order valence-electron chi connectivity index (χ0n) is 15.7. The maximum absolute atomic E-state index is 11.9. The minimum atomic E-state index is -0.474. The van der Waals surface area contributed by atoms with Gasteiger partial charge in [-0.3, -0.25) is 25.8 Å². The molecule has 0 fully saturated rings. The van der Waals surface area contributed by atoms with Gasteiger partial charge in [0.25, 0.3) is 5.91 Å². The highest BCUT2D eigenvalue weighted by atomic mass is 35.5. The molecule has 2 amide bonds. The van der Waals surface area contributed by atoms with E-state index >= 15 is 0 Å². The van der Waals surface area contributed by atoms with Crippen molar-refractivity contribution in [3.05, 3.63) is 69.2 Å². The summed E-state index contributed by atoms with van der Waals surface area (Å²) >= 11 is 17.1. The highest BCUT2D eigenvalue weighted by Gasteiger charge is 2.08. The predicted octanol–water partition coefficient (Wildman–Crippen LogP) is 3.72. The van der Waals surface area contributed by atoms with Crippen LogP contribution in [0.15, 0.2) is 42.5 Å².